The zero-order valence-electron chi connectivity index (χ0n) is 24.3. The molecule has 1 saturated heterocycles. The SMILES string of the molecule is C=C(NC(c1ccccc1)C1CCCC1)c1ccc(N)c(C(=N)c2ccc(OC3CCN(CCOC)CC3)cc2)c1. The zero-order chi connectivity index (χ0) is 28.6. The molecular formula is C35H44N4O2. The Kier molecular flexibility index (Phi) is 9.75. The van der Waals surface area contributed by atoms with Crippen molar-refractivity contribution in [2.75, 3.05) is 39.1 Å². The van der Waals surface area contributed by atoms with Crippen LogP contribution in [0.3, 0.4) is 0 Å². The van der Waals surface area contributed by atoms with Crippen LogP contribution in [0.4, 0.5) is 5.69 Å². The van der Waals surface area contributed by atoms with Crippen molar-refractivity contribution in [3.05, 3.63) is 102 Å². The normalized spacial score (nSPS) is 17.3. The molecule has 1 atom stereocenters. The monoisotopic (exact) mass is 552 g/mol. The largest absolute Gasteiger partial charge is 0.490 e. The molecule has 4 N–H and O–H groups in total. The fourth-order valence-electron chi connectivity index (χ4n) is 6.18. The van der Waals surface area contributed by atoms with Gasteiger partial charge in [-0.2, -0.15) is 0 Å². The highest BCUT2D eigenvalue weighted by Gasteiger charge is 2.27. The van der Waals surface area contributed by atoms with Crippen LogP contribution in [0, 0.1) is 11.3 Å². The molecule has 2 aliphatic rings. The summed E-state index contributed by atoms with van der Waals surface area (Å²) < 4.78 is 11.5. The fourth-order valence-corrected chi connectivity index (χ4v) is 6.18. The summed E-state index contributed by atoms with van der Waals surface area (Å²) in [7, 11) is 1.75. The van der Waals surface area contributed by atoms with E-state index in [0.717, 1.165) is 61.7 Å². The van der Waals surface area contributed by atoms with Gasteiger partial charge in [0.15, 0.2) is 0 Å². The van der Waals surface area contributed by atoms with Crippen molar-refractivity contribution < 1.29 is 9.47 Å². The molecule has 1 aliphatic carbocycles. The van der Waals surface area contributed by atoms with E-state index < -0.39 is 0 Å². The predicted octanol–water partition coefficient (Wildman–Crippen LogP) is 6.67. The van der Waals surface area contributed by atoms with Gasteiger partial charge < -0.3 is 25.4 Å². The van der Waals surface area contributed by atoms with Gasteiger partial charge >= 0.3 is 0 Å². The Morgan fingerprint density at radius 3 is 2.34 bits per heavy atom. The molecule has 0 aromatic heterocycles. The second-order valence-electron chi connectivity index (χ2n) is 11.4. The molecule has 0 amide bonds. The van der Waals surface area contributed by atoms with E-state index in [2.05, 4.69) is 47.1 Å². The van der Waals surface area contributed by atoms with Crippen molar-refractivity contribution in [3.63, 3.8) is 0 Å². The van der Waals surface area contributed by atoms with Crippen LogP contribution in [0.1, 0.15) is 66.8 Å². The van der Waals surface area contributed by atoms with Crippen LogP contribution in [0.15, 0.2) is 79.4 Å². The number of ether oxygens (including phenoxy) is 2. The molecule has 0 spiro atoms. The van der Waals surface area contributed by atoms with Crippen LogP contribution >= 0.6 is 0 Å². The highest BCUT2D eigenvalue weighted by atomic mass is 16.5. The maximum Gasteiger partial charge on any atom is 0.119 e. The number of nitrogens with two attached hydrogens (primary N) is 1. The van der Waals surface area contributed by atoms with Gasteiger partial charge in [0.2, 0.25) is 0 Å². The summed E-state index contributed by atoms with van der Waals surface area (Å²) in [5.41, 5.74) is 12.0. The van der Waals surface area contributed by atoms with Crippen LogP contribution in [0.2, 0.25) is 0 Å². The van der Waals surface area contributed by atoms with Crippen molar-refractivity contribution in [3.8, 4) is 5.75 Å². The van der Waals surface area contributed by atoms with Crippen molar-refractivity contribution in [2.24, 2.45) is 5.92 Å². The van der Waals surface area contributed by atoms with E-state index in [4.69, 9.17) is 20.6 Å². The molecule has 3 aromatic carbocycles. The molecule has 6 nitrogen and oxygen atoms in total. The number of hydrogen-bond donors (Lipinski definition) is 3. The summed E-state index contributed by atoms with van der Waals surface area (Å²) in [6, 6.07) is 24.6. The number of benzene rings is 3. The third kappa shape index (κ3) is 7.38. The predicted molar refractivity (Wildman–Crippen MR) is 169 cm³/mol. The first kappa shape index (κ1) is 28.9. The van der Waals surface area contributed by atoms with Gasteiger partial charge in [-0.15, -0.1) is 0 Å². The Morgan fingerprint density at radius 2 is 1.66 bits per heavy atom. The third-order valence-electron chi connectivity index (χ3n) is 8.62. The minimum absolute atomic E-state index is 0.217. The highest BCUT2D eigenvalue weighted by Crippen LogP contribution is 2.37. The molecule has 216 valence electrons. The number of methoxy groups -OCH3 is 1. The summed E-state index contributed by atoms with van der Waals surface area (Å²) in [5.74, 6) is 1.43. The zero-order valence-corrected chi connectivity index (χ0v) is 24.3. The Morgan fingerprint density at radius 1 is 0.976 bits per heavy atom. The first-order valence-corrected chi connectivity index (χ1v) is 15.0. The van der Waals surface area contributed by atoms with Crippen molar-refractivity contribution in [2.45, 2.75) is 50.7 Å². The van der Waals surface area contributed by atoms with E-state index in [0.29, 0.717) is 22.9 Å². The Hall–Kier alpha value is -3.61. The summed E-state index contributed by atoms with van der Waals surface area (Å²) in [5, 5.41) is 12.7. The van der Waals surface area contributed by atoms with Gasteiger partial charge in [0.1, 0.15) is 11.9 Å². The number of hydrogen-bond acceptors (Lipinski definition) is 6. The van der Waals surface area contributed by atoms with Crippen molar-refractivity contribution >= 4 is 17.1 Å². The van der Waals surface area contributed by atoms with Gasteiger partial charge in [-0.25, -0.2) is 0 Å². The van der Waals surface area contributed by atoms with Crippen LogP contribution in [0.25, 0.3) is 5.70 Å². The van der Waals surface area contributed by atoms with E-state index in [1.165, 1.54) is 31.2 Å². The second kappa shape index (κ2) is 13.8. The van der Waals surface area contributed by atoms with Crippen LogP contribution < -0.4 is 15.8 Å². The van der Waals surface area contributed by atoms with Crippen molar-refractivity contribution in [1.29, 1.82) is 5.41 Å². The second-order valence-corrected chi connectivity index (χ2v) is 11.4. The quantitative estimate of drug-likeness (QED) is 0.173. The average molecular weight is 553 g/mol. The van der Waals surface area contributed by atoms with Crippen LogP contribution in [-0.2, 0) is 4.74 Å². The molecule has 2 fully saturated rings. The van der Waals surface area contributed by atoms with E-state index >= 15 is 0 Å². The first-order chi connectivity index (χ1) is 20.0. The number of rotatable bonds is 12. The lowest BCUT2D eigenvalue weighted by atomic mass is 9.90. The number of likely N-dealkylation sites (tertiary alicyclic amines) is 1. The Bertz CT molecular complexity index is 1290. The van der Waals surface area contributed by atoms with Gasteiger partial charge in [0.05, 0.1) is 18.4 Å². The lowest BCUT2D eigenvalue weighted by Gasteiger charge is -2.31. The Labute approximate surface area is 245 Å². The molecule has 5 rings (SSSR count). The molecule has 1 aliphatic heterocycles. The molecule has 3 aromatic rings. The van der Waals surface area contributed by atoms with E-state index in [9.17, 15) is 0 Å². The van der Waals surface area contributed by atoms with Gasteiger partial charge in [-0.05, 0) is 79.1 Å². The Balaban J connectivity index is 1.24. The van der Waals surface area contributed by atoms with Gasteiger partial charge in [-0.1, -0.05) is 55.8 Å². The lowest BCUT2D eigenvalue weighted by molar-refractivity contribution is 0.0797. The molecule has 1 saturated carbocycles. The van der Waals surface area contributed by atoms with Crippen molar-refractivity contribution in [1.82, 2.24) is 10.2 Å². The number of nitrogen functional groups attached to an aromatic ring is 1. The molecule has 0 bridgehead atoms. The number of anilines is 1. The van der Waals surface area contributed by atoms with E-state index in [1.54, 1.807) is 7.11 Å². The molecule has 41 heavy (non-hydrogen) atoms. The molecular weight excluding hydrogens is 508 g/mol. The topological polar surface area (TPSA) is 83.6 Å². The average Bonchev–Trinajstić information content (AvgIpc) is 3.55. The van der Waals surface area contributed by atoms with Gasteiger partial charge in [-0.3, -0.25) is 5.41 Å². The van der Waals surface area contributed by atoms with Gasteiger partial charge in [0, 0.05) is 49.3 Å². The first-order valence-electron chi connectivity index (χ1n) is 15.0. The van der Waals surface area contributed by atoms with E-state index in [1.807, 2.05) is 42.5 Å². The number of piperidine rings is 1. The van der Waals surface area contributed by atoms with E-state index in [-0.39, 0.29) is 12.1 Å². The summed E-state index contributed by atoms with van der Waals surface area (Å²) >= 11 is 0. The molecule has 6 heteroatoms. The minimum atomic E-state index is 0.217. The smallest absolute Gasteiger partial charge is 0.119 e. The third-order valence-corrected chi connectivity index (χ3v) is 8.62. The molecule has 1 heterocycles. The highest BCUT2D eigenvalue weighted by molar-refractivity contribution is 6.14. The standard InChI is InChI=1S/C35H44N4O2/c1-25(38-35(28-10-6-7-11-28)27-8-4-3-5-9-27)29-14-17-33(36)32(24-29)34(37)26-12-15-30(16-13-26)41-31-18-20-39(21-19-31)22-23-40-2/h3-5,8-9,12-17,24,28,31,35,37-38H,1,6-7,10-11,18-23,36H2,2H3. The number of nitrogens with one attached hydrogen (secondary N) is 2. The minimum Gasteiger partial charge on any atom is -0.490 e. The van der Waals surface area contributed by atoms with Gasteiger partial charge in [0.25, 0.3) is 0 Å². The maximum absolute atomic E-state index is 8.98. The fraction of sp³-hybridized carbons (Fsp3) is 0.400. The van der Waals surface area contributed by atoms with Crippen LogP contribution in [-0.4, -0.2) is 50.1 Å². The summed E-state index contributed by atoms with van der Waals surface area (Å²) in [6.45, 7) is 8.20. The number of nitrogens with zero attached hydrogens (tertiary/aromatic N) is 1. The molecule has 1 unspecified atom stereocenters. The maximum atomic E-state index is 8.98. The molecule has 0 radical (unpaired) electrons. The summed E-state index contributed by atoms with van der Waals surface area (Å²) in [6.07, 6.45) is 7.25. The summed E-state index contributed by atoms with van der Waals surface area (Å²) in [4.78, 5) is 2.42. The lowest BCUT2D eigenvalue weighted by Crippen LogP contribution is -2.39. The van der Waals surface area contributed by atoms with Crippen LogP contribution in [0.5, 0.6) is 5.75 Å².